The summed E-state index contributed by atoms with van der Waals surface area (Å²) in [5.74, 6) is 0.764. The Labute approximate surface area is 126 Å². The quantitative estimate of drug-likeness (QED) is 0.848. The largest absolute Gasteiger partial charge is 0.316 e. The second-order valence-electron chi connectivity index (χ2n) is 6.03. The molecule has 0 aliphatic heterocycles. The molecule has 0 saturated carbocycles. The fraction of sp³-hybridized carbons (Fsp3) is 0.471. The van der Waals surface area contributed by atoms with Crippen molar-refractivity contribution >= 4 is 0 Å². The van der Waals surface area contributed by atoms with Gasteiger partial charge in [0.1, 0.15) is 5.82 Å². The van der Waals surface area contributed by atoms with Crippen molar-refractivity contribution < 1.29 is 4.39 Å². The van der Waals surface area contributed by atoms with Gasteiger partial charge < -0.3 is 5.32 Å². The smallest absolute Gasteiger partial charge is 0.123 e. The van der Waals surface area contributed by atoms with Gasteiger partial charge in [-0.15, -0.1) is 0 Å². The molecule has 1 atom stereocenters. The lowest BCUT2D eigenvalue weighted by molar-refractivity contribution is 0.513. The summed E-state index contributed by atoms with van der Waals surface area (Å²) in [7, 11) is 1.92. The highest BCUT2D eigenvalue weighted by molar-refractivity contribution is 5.23. The third-order valence-electron chi connectivity index (χ3n) is 3.53. The molecule has 0 radical (unpaired) electrons. The van der Waals surface area contributed by atoms with E-state index in [4.69, 9.17) is 0 Å². The van der Waals surface area contributed by atoms with E-state index in [2.05, 4.69) is 24.3 Å². The summed E-state index contributed by atoms with van der Waals surface area (Å²) in [5.41, 5.74) is 2.37. The summed E-state index contributed by atoms with van der Waals surface area (Å²) in [6.45, 7) is 6.27. The van der Waals surface area contributed by atoms with Gasteiger partial charge in [0, 0.05) is 25.7 Å². The summed E-state index contributed by atoms with van der Waals surface area (Å²) in [4.78, 5) is 0. The van der Waals surface area contributed by atoms with E-state index >= 15 is 0 Å². The first-order valence-corrected chi connectivity index (χ1v) is 7.48. The Morgan fingerprint density at radius 1 is 1.19 bits per heavy atom. The minimum atomic E-state index is -0.186. The number of benzene rings is 1. The third kappa shape index (κ3) is 4.97. The van der Waals surface area contributed by atoms with E-state index in [1.165, 1.54) is 17.7 Å². The van der Waals surface area contributed by atoms with Gasteiger partial charge in [0.2, 0.25) is 0 Å². The van der Waals surface area contributed by atoms with Crippen LogP contribution >= 0.6 is 0 Å². The van der Waals surface area contributed by atoms with Crippen molar-refractivity contribution in [2.75, 3.05) is 13.1 Å². The zero-order valence-corrected chi connectivity index (χ0v) is 13.0. The Kier molecular flexibility index (Phi) is 5.51. The molecule has 1 aromatic carbocycles. The monoisotopic (exact) mass is 289 g/mol. The lowest BCUT2D eigenvalue weighted by Crippen LogP contribution is -2.26. The van der Waals surface area contributed by atoms with Crippen LogP contribution < -0.4 is 5.32 Å². The van der Waals surface area contributed by atoms with E-state index in [0.717, 1.165) is 25.1 Å². The Morgan fingerprint density at radius 2 is 1.90 bits per heavy atom. The molecule has 1 heterocycles. The van der Waals surface area contributed by atoms with Crippen LogP contribution in [0.5, 0.6) is 0 Å². The summed E-state index contributed by atoms with van der Waals surface area (Å²) in [5, 5.41) is 7.73. The van der Waals surface area contributed by atoms with Crippen LogP contribution in [0, 0.1) is 11.7 Å². The molecule has 0 fully saturated rings. The molecule has 21 heavy (non-hydrogen) atoms. The van der Waals surface area contributed by atoms with Crippen LogP contribution in [0.25, 0.3) is 0 Å². The van der Waals surface area contributed by atoms with E-state index < -0.39 is 0 Å². The molecule has 114 valence electrons. The fourth-order valence-electron chi connectivity index (χ4n) is 2.45. The molecule has 2 rings (SSSR count). The maximum atomic E-state index is 13.1. The number of aryl methyl sites for hydroxylation is 1. The van der Waals surface area contributed by atoms with Crippen LogP contribution in [-0.2, 0) is 13.5 Å². The van der Waals surface area contributed by atoms with Crippen LogP contribution in [0.15, 0.2) is 36.7 Å². The lowest BCUT2D eigenvalue weighted by atomic mass is 9.93. The Morgan fingerprint density at radius 3 is 2.48 bits per heavy atom. The number of aromatic nitrogens is 2. The second kappa shape index (κ2) is 7.36. The van der Waals surface area contributed by atoms with Gasteiger partial charge in [0.05, 0.1) is 6.20 Å². The molecule has 0 aliphatic rings. The SMILES string of the molecule is CC(C)CNCC(Cc1cnn(C)c1)c1ccc(F)cc1. The van der Waals surface area contributed by atoms with Gasteiger partial charge in [-0.25, -0.2) is 4.39 Å². The van der Waals surface area contributed by atoms with Crippen LogP contribution in [-0.4, -0.2) is 22.9 Å². The normalized spacial score (nSPS) is 12.8. The zero-order valence-electron chi connectivity index (χ0n) is 13.0. The Bertz CT molecular complexity index is 545. The number of nitrogens with one attached hydrogen (secondary N) is 1. The van der Waals surface area contributed by atoms with Gasteiger partial charge >= 0.3 is 0 Å². The molecule has 0 spiro atoms. The summed E-state index contributed by atoms with van der Waals surface area (Å²) in [6.07, 6.45) is 4.85. The van der Waals surface area contributed by atoms with Crippen molar-refractivity contribution in [3.63, 3.8) is 0 Å². The maximum Gasteiger partial charge on any atom is 0.123 e. The number of halogens is 1. The van der Waals surface area contributed by atoms with Crippen LogP contribution in [0.2, 0.25) is 0 Å². The molecule has 2 aromatic rings. The highest BCUT2D eigenvalue weighted by atomic mass is 19.1. The molecule has 0 aliphatic carbocycles. The zero-order chi connectivity index (χ0) is 15.2. The number of nitrogens with zero attached hydrogens (tertiary/aromatic N) is 2. The van der Waals surface area contributed by atoms with Crippen molar-refractivity contribution in [1.29, 1.82) is 0 Å². The average Bonchev–Trinajstić information content (AvgIpc) is 2.84. The summed E-state index contributed by atoms with van der Waals surface area (Å²) in [6, 6.07) is 6.84. The Balaban J connectivity index is 2.07. The molecule has 0 amide bonds. The van der Waals surface area contributed by atoms with Gasteiger partial charge in [-0.1, -0.05) is 26.0 Å². The highest BCUT2D eigenvalue weighted by Gasteiger charge is 2.13. The van der Waals surface area contributed by atoms with Crippen LogP contribution in [0.4, 0.5) is 4.39 Å². The lowest BCUT2D eigenvalue weighted by Gasteiger charge is -2.18. The van der Waals surface area contributed by atoms with Crippen molar-refractivity contribution in [1.82, 2.24) is 15.1 Å². The van der Waals surface area contributed by atoms with E-state index in [0.29, 0.717) is 11.8 Å². The predicted molar refractivity (Wildman–Crippen MR) is 83.8 cm³/mol. The number of hydrogen-bond donors (Lipinski definition) is 1. The molecule has 0 saturated heterocycles. The number of rotatable bonds is 7. The minimum absolute atomic E-state index is 0.186. The molecule has 3 nitrogen and oxygen atoms in total. The van der Waals surface area contributed by atoms with Crippen LogP contribution in [0.3, 0.4) is 0 Å². The maximum absolute atomic E-state index is 13.1. The van der Waals surface area contributed by atoms with Crippen LogP contribution in [0.1, 0.15) is 30.9 Å². The first-order chi connectivity index (χ1) is 10.0. The number of hydrogen-bond acceptors (Lipinski definition) is 2. The molecule has 1 aromatic heterocycles. The van der Waals surface area contributed by atoms with Crippen molar-refractivity contribution in [3.8, 4) is 0 Å². The average molecular weight is 289 g/mol. The van der Waals surface area contributed by atoms with E-state index in [9.17, 15) is 4.39 Å². The second-order valence-corrected chi connectivity index (χ2v) is 6.03. The van der Waals surface area contributed by atoms with Gasteiger partial charge in [-0.05, 0) is 42.1 Å². The minimum Gasteiger partial charge on any atom is -0.316 e. The molecule has 1 N–H and O–H groups in total. The summed E-state index contributed by atoms with van der Waals surface area (Å²) < 4.78 is 14.9. The molecular formula is C17H24FN3. The van der Waals surface area contributed by atoms with E-state index in [-0.39, 0.29) is 5.82 Å². The third-order valence-corrected chi connectivity index (χ3v) is 3.53. The van der Waals surface area contributed by atoms with Crippen molar-refractivity contribution in [2.24, 2.45) is 13.0 Å². The van der Waals surface area contributed by atoms with Gasteiger partial charge in [0.15, 0.2) is 0 Å². The van der Waals surface area contributed by atoms with E-state index in [1.807, 2.05) is 36.3 Å². The first-order valence-electron chi connectivity index (χ1n) is 7.48. The van der Waals surface area contributed by atoms with Gasteiger partial charge in [0.25, 0.3) is 0 Å². The van der Waals surface area contributed by atoms with Gasteiger partial charge in [-0.2, -0.15) is 5.10 Å². The Hall–Kier alpha value is -1.68. The fourth-order valence-corrected chi connectivity index (χ4v) is 2.45. The van der Waals surface area contributed by atoms with Gasteiger partial charge in [-0.3, -0.25) is 4.68 Å². The molecule has 1 unspecified atom stereocenters. The molecule has 0 bridgehead atoms. The standard InChI is InChI=1S/C17H24FN3/c1-13(2)9-19-11-16(8-14-10-20-21(3)12-14)15-4-6-17(18)7-5-15/h4-7,10,12-13,16,19H,8-9,11H2,1-3H3. The first kappa shape index (κ1) is 15.7. The topological polar surface area (TPSA) is 29.9 Å². The van der Waals surface area contributed by atoms with Crippen molar-refractivity contribution in [3.05, 3.63) is 53.6 Å². The van der Waals surface area contributed by atoms with Crippen molar-refractivity contribution in [2.45, 2.75) is 26.2 Å². The van der Waals surface area contributed by atoms with E-state index in [1.54, 1.807) is 0 Å². The molecule has 4 heteroatoms. The predicted octanol–water partition coefficient (Wildman–Crippen LogP) is 3.13. The summed E-state index contributed by atoms with van der Waals surface area (Å²) >= 11 is 0. The molecular weight excluding hydrogens is 265 g/mol. The highest BCUT2D eigenvalue weighted by Crippen LogP contribution is 2.20.